The number of nitrogens with zero attached hydrogens (tertiary/aromatic N) is 2. The van der Waals surface area contributed by atoms with Gasteiger partial charge in [-0.05, 0) is 61.8 Å². The minimum Gasteiger partial charge on any atom is -0.388 e. The highest BCUT2D eigenvalue weighted by molar-refractivity contribution is 7.96. The van der Waals surface area contributed by atoms with Crippen molar-refractivity contribution in [1.82, 2.24) is 0 Å². The van der Waals surface area contributed by atoms with Crippen molar-refractivity contribution in [3.8, 4) is 6.07 Å². The van der Waals surface area contributed by atoms with Crippen LogP contribution >= 0.6 is 0 Å². The number of halogens is 3. The van der Waals surface area contributed by atoms with E-state index in [2.05, 4.69) is 0 Å². The molecular weight excluding hydrogens is 409 g/mol. The first kappa shape index (κ1) is 21.1. The van der Waals surface area contributed by atoms with Gasteiger partial charge in [0.05, 0.1) is 34.4 Å². The van der Waals surface area contributed by atoms with E-state index in [4.69, 9.17) is 5.26 Å². The summed E-state index contributed by atoms with van der Waals surface area (Å²) in [6, 6.07) is 7.32. The number of carbonyl (C=O) groups is 1. The lowest BCUT2D eigenvalue weighted by molar-refractivity contribution is -0.168. The summed E-state index contributed by atoms with van der Waals surface area (Å²) < 4.78 is 67.0. The number of hydrogen-bond donors (Lipinski definition) is 1. The summed E-state index contributed by atoms with van der Waals surface area (Å²) in [5, 5.41) is 19.2. The minimum atomic E-state index is -4.93. The molecule has 1 fully saturated rings. The second kappa shape index (κ2) is 7.00. The number of hydrogen-bond acceptors (Lipinski definition) is 5. The second-order valence-electron chi connectivity index (χ2n) is 7.17. The highest BCUT2D eigenvalue weighted by Gasteiger charge is 2.48. The number of allylic oxidation sites excluding steroid dienone is 3. The van der Waals surface area contributed by atoms with Crippen LogP contribution in [0.3, 0.4) is 0 Å². The van der Waals surface area contributed by atoms with Gasteiger partial charge in [0.15, 0.2) is 5.78 Å². The predicted molar refractivity (Wildman–Crippen MR) is 98.0 cm³/mol. The van der Waals surface area contributed by atoms with E-state index >= 15 is 0 Å². The van der Waals surface area contributed by atoms with E-state index in [9.17, 15) is 31.5 Å². The fourth-order valence-corrected chi connectivity index (χ4v) is 4.81. The molecule has 1 unspecified atom stereocenters. The second-order valence-corrected chi connectivity index (χ2v) is 9.01. The Labute approximate surface area is 165 Å². The molecular formula is C19H17F3N2O4S. The molecule has 10 heteroatoms. The van der Waals surface area contributed by atoms with Gasteiger partial charge in [0.2, 0.25) is 0 Å². The largest absolute Gasteiger partial charge is 0.402 e. The zero-order valence-electron chi connectivity index (χ0n) is 15.3. The van der Waals surface area contributed by atoms with E-state index in [0.29, 0.717) is 25.0 Å². The number of benzene rings is 1. The van der Waals surface area contributed by atoms with Gasteiger partial charge < -0.3 is 5.11 Å². The maximum Gasteiger partial charge on any atom is 0.402 e. The Hall–Kier alpha value is -2.64. The van der Waals surface area contributed by atoms with Crippen LogP contribution in [0.25, 0.3) is 0 Å². The van der Waals surface area contributed by atoms with Gasteiger partial charge in [0, 0.05) is 0 Å². The molecule has 1 atom stereocenters. The molecule has 0 aromatic heterocycles. The number of aliphatic hydroxyl groups is 1. The first-order valence-corrected chi connectivity index (χ1v) is 10.1. The molecule has 3 rings (SSSR count). The maximum absolute atomic E-state index is 13.3. The molecule has 1 aromatic rings. The average molecular weight is 426 g/mol. The molecule has 0 heterocycles. The molecule has 0 aliphatic heterocycles. The van der Waals surface area contributed by atoms with Crippen LogP contribution in [0.1, 0.15) is 25.3 Å². The number of alkyl halides is 3. The number of nitriles is 1. The minimum absolute atomic E-state index is 0.0958. The van der Waals surface area contributed by atoms with Gasteiger partial charge in [-0.15, -0.1) is 0 Å². The summed E-state index contributed by atoms with van der Waals surface area (Å²) in [6.45, 7) is 0.896. The van der Waals surface area contributed by atoms with Crippen LogP contribution in [0.15, 0.2) is 46.9 Å². The quantitative estimate of drug-likeness (QED) is 0.781. The smallest absolute Gasteiger partial charge is 0.388 e. The molecule has 154 valence electrons. The van der Waals surface area contributed by atoms with Crippen LogP contribution in [0.4, 0.5) is 18.9 Å². The van der Waals surface area contributed by atoms with Crippen molar-refractivity contribution in [2.75, 3.05) is 10.8 Å². The average Bonchev–Trinajstić information content (AvgIpc) is 3.36. The summed E-state index contributed by atoms with van der Waals surface area (Å²) in [4.78, 5) is 11.1. The first-order chi connectivity index (χ1) is 13.4. The van der Waals surface area contributed by atoms with Crippen LogP contribution in [0.2, 0.25) is 0 Å². The molecule has 1 aromatic carbocycles. The van der Waals surface area contributed by atoms with Gasteiger partial charge in [-0.2, -0.15) is 18.4 Å². The van der Waals surface area contributed by atoms with E-state index in [0.717, 1.165) is 4.31 Å². The number of anilines is 1. The molecule has 0 spiro atoms. The van der Waals surface area contributed by atoms with Crippen molar-refractivity contribution >= 4 is 21.5 Å². The van der Waals surface area contributed by atoms with E-state index < -0.39 is 38.4 Å². The molecule has 1 N–H and O–H groups in total. The van der Waals surface area contributed by atoms with Gasteiger partial charge in [0.25, 0.3) is 10.0 Å². The molecule has 2 aliphatic carbocycles. The maximum atomic E-state index is 13.3. The monoisotopic (exact) mass is 426 g/mol. The van der Waals surface area contributed by atoms with Crippen LogP contribution in [-0.2, 0) is 14.8 Å². The highest BCUT2D eigenvalue weighted by atomic mass is 32.2. The van der Waals surface area contributed by atoms with Gasteiger partial charge >= 0.3 is 6.18 Å². The Morgan fingerprint density at radius 1 is 1.28 bits per heavy atom. The summed E-state index contributed by atoms with van der Waals surface area (Å²) in [5.41, 5.74) is -1.02. The molecule has 0 saturated heterocycles. The number of carbonyl (C=O) groups excluding carboxylic acids is 1. The van der Waals surface area contributed by atoms with E-state index in [1.807, 2.05) is 6.07 Å². The first-order valence-electron chi connectivity index (χ1n) is 8.64. The SMILES string of the molecule is CC1=CC(=O)C(C(F)(F)F)C=C1S(=O)(=O)N(CC1(O)CC1)c1ccc(C#N)cc1. The lowest BCUT2D eigenvalue weighted by atomic mass is 9.95. The molecule has 0 radical (unpaired) electrons. The normalized spacial score (nSPS) is 21.1. The fourth-order valence-electron chi connectivity index (χ4n) is 2.99. The lowest BCUT2D eigenvalue weighted by Gasteiger charge is -2.30. The Bertz CT molecular complexity index is 1050. The van der Waals surface area contributed by atoms with E-state index in [1.165, 1.54) is 31.2 Å². The Balaban J connectivity index is 2.09. The number of ketones is 1. The lowest BCUT2D eigenvalue weighted by Crippen LogP contribution is -2.41. The Kier molecular flexibility index (Phi) is 5.09. The van der Waals surface area contributed by atoms with Gasteiger partial charge in [0.1, 0.15) is 5.92 Å². The van der Waals surface area contributed by atoms with Crippen molar-refractivity contribution in [1.29, 1.82) is 5.26 Å². The zero-order valence-corrected chi connectivity index (χ0v) is 16.1. The van der Waals surface area contributed by atoms with Crippen molar-refractivity contribution in [3.05, 3.63) is 52.5 Å². The van der Waals surface area contributed by atoms with Gasteiger partial charge in [-0.1, -0.05) is 0 Å². The van der Waals surface area contributed by atoms with Gasteiger partial charge in [-0.3, -0.25) is 9.10 Å². The van der Waals surface area contributed by atoms with Crippen LogP contribution < -0.4 is 4.31 Å². The van der Waals surface area contributed by atoms with Crippen molar-refractivity contribution in [2.45, 2.75) is 31.5 Å². The van der Waals surface area contributed by atoms with Crippen molar-refractivity contribution in [2.24, 2.45) is 5.92 Å². The third-order valence-electron chi connectivity index (χ3n) is 4.84. The molecule has 1 saturated carbocycles. The third kappa shape index (κ3) is 4.21. The molecule has 0 amide bonds. The van der Waals surface area contributed by atoms with Gasteiger partial charge in [-0.25, -0.2) is 8.42 Å². The summed E-state index contributed by atoms with van der Waals surface area (Å²) in [7, 11) is -4.52. The predicted octanol–water partition coefficient (Wildman–Crippen LogP) is 2.81. The summed E-state index contributed by atoms with van der Waals surface area (Å²) in [6.07, 6.45) is -3.13. The third-order valence-corrected chi connectivity index (χ3v) is 6.78. The Morgan fingerprint density at radius 2 is 1.86 bits per heavy atom. The van der Waals surface area contributed by atoms with E-state index in [-0.39, 0.29) is 23.4 Å². The number of rotatable bonds is 5. The Morgan fingerprint density at radius 3 is 2.34 bits per heavy atom. The highest BCUT2D eigenvalue weighted by Crippen LogP contribution is 2.41. The topological polar surface area (TPSA) is 98.5 Å². The molecule has 0 bridgehead atoms. The van der Waals surface area contributed by atoms with Crippen molar-refractivity contribution in [3.63, 3.8) is 0 Å². The summed E-state index contributed by atoms with van der Waals surface area (Å²) in [5.74, 6) is -3.79. The molecule has 29 heavy (non-hydrogen) atoms. The van der Waals surface area contributed by atoms with Crippen molar-refractivity contribution < 1.29 is 31.5 Å². The number of sulfonamides is 1. The van der Waals surface area contributed by atoms with Crippen LogP contribution in [0, 0.1) is 17.2 Å². The molecule has 2 aliphatic rings. The standard InChI is InChI=1S/C19H17F3N2O4S/c1-12-8-16(25)15(19(20,21)22)9-17(12)29(27,28)24(11-18(26)6-7-18)14-4-2-13(10-23)3-5-14/h2-5,8-9,15,26H,6-7,11H2,1H3. The fraction of sp³-hybridized carbons (Fsp3) is 0.368. The zero-order chi connectivity index (χ0) is 21.6. The molecule has 6 nitrogen and oxygen atoms in total. The van der Waals surface area contributed by atoms with Crippen LogP contribution in [-0.4, -0.2) is 37.6 Å². The summed E-state index contributed by atoms with van der Waals surface area (Å²) >= 11 is 0. The van der Waals surface area contributed by atoms with E-state index in [1.54, 1.807) is 0 Å². The van der Waals surface area contributed by atoms with Crippen LogP contribution in [0.5, 0.6) is 0 Å².